The number of hydrogen-bond acceptors (Lipinski definition) is 3. The first-order valence-electron chi connectivity index (χ1n) is 7.62. The molecule has 0 fully saturated rings. The van der Waals surface area contributed by atoms with Gasteiger partial charge in [-0.05, 0) is 25.8 Å². The molecule has 0 saturated carbocycles. The minimum absolute atomic E-state index is 0.101. The summed E-state index contributed by atoms with van der Waals surface area (Å²) in [6, 6.07) is 1.68. The van der Waals surface area contributed by atoms with Crippen molar-refractivity contribution in [2.75, 3.05) is 6.54 Å². The van der Waals surface area contributed by atoms with E-state index in [0.717, 1.165) is 25.7 Å². The summed E-state index contributed by atoms with van der Waals surface area (Å²) in [5.74, 6) is -0.380. The molecule has 5 heteroatoms. The standard InChI is InChI=1S/C16H25N3O2/c1-4-6-7-8-18-15(20)13-9-14(11-17-10-13)16(21)19-12(3)5-2/h9-12H,4-8H2,1-3H3,(H,18,20)(H,19,21). The molecule has 0 radical (unpaired) electrons. The molecule has 0 saturated heterocycles. The average molecular weight is 291 g/mol. The van der Waals surface area contributed by atoms with Gasteiger partial charge in [-0.3, -0.25) is 14.6 Å². The Kier molecular flexibility index (Phi) is 7.43. The van der Waals surface area contributed by atoms with E-state index >= 15 is 0 Å². The van der Waals surface area contributed by atoms with Gasteiger partial charge < -0.3 is 10.6 Å². The molecule has 1 heterocycles. The minimum atomic E-state index is -0.197. The van der Waals surface area contributed by atoms with E-state index in [9.17, 15) is 9.59 Å². The van der Waals surface area contributed by atoms with Crippen molar-refractivity contribution in [3.8, 4) is 0 Å². The average Bonchev–Trinajstić information content (AvgIpc) is 2.51. The molecule has 2 N–H and O–H groups in total. The molecular formula is C16H25N3O2. The summed E-state index contributed by atoms with van der Waals surface area (Å²) in [4.78, 5) is 28.0. The highest BCUT2D eigenvalue weighted by Gasteiger charge is 2.12. The van der Waals surface area contributed by atoms with Gasteiger partial charge in [-0.1, -0.05) is 26.7 Å². The molecule has 1 rings (SSSR count). The van der Waals surface area contributed by atoms with E-state index in [2.05, 4.69) is 22.5 Å². The summed E-state index contributed by atoms with van der Waals surface area (Å²) in [6.45, 7) is 6.71. The van der Waals surface area contributed by atoms with E-state index in [0.29, 0.717) is 17.7 Å². The maximum atomic E-state index is 12.0. The van der Waals surface area contributed by atoms with Gasteiger partial charge in [0.2, 0.25) is 0 Å². The Morgan fingerprint density at radius 3 is 2.43 bits per heavy atom. The fraction of sp³-hybridized carbons (Fsp3) is 0.562. The number of aromatic nitrogens is 1. The molecule has 0 aromatic carbocycles. The number of amides is 2. The Morgan fingerprint density at radius 2 is 1.81 bits per heavy atom. The molecule has 1 aromatic heterocycles. The van der Waals surface area contributed by atoms with Crippen molar-refractivity contribution in [3.05, 3.63) is 29.6 Å². The van der Waals surface area contributed by atoms with Gasteiger partial charge in [0.15, 0.2) is 0 Å². The van der Waals surface area contributed by atoms with Crippen LogP contribution in [0.15, 0.2) is 18.5 Å². The Labute approximate surface area is 126 Å². The topological polar surface area (TPSA) is 71.1 Å². The molecule has 0 aliphatic carbocycles. The number of unbranched alkanes of at least 4 members (excludes halogenated alkanes) is 2. The first kappa shape index (κ1) is 17.1. The van der Waals surface area contributed by atoms with E-state index in [-0.39, 0.29) is 17.9 Å². The third-order valence-corrected chi connectivity index (χ3v) is 3.32. The van der Waals surface area contributed by atoms with E-state index in [1.54, 1.807) is 6.07 Å². The smallest absolute Gasteiger partial charge is 0.253 e. The van der Waals surface area contributed by atoms with E-state index < -0.39 is 0 Å². The normalized spacial score (nSPS) is 11.8. The number of nitrogens with zero attached hydrogens (tertiary/aromatic N) is 1. The number of rotatable bonds is 8. The second kappa shape index (κ2) is 9.10. The lowest BCUT2D eigenvalue weighted by atomic mass is 10.1. The van der Waals surface area contributed by atoms with E-state index in [4.69, 9.17) is 0 Å². The van der Waals surface area contributed by atoms with Crippen molar-refractivity contribution in [2.24, 2.45) is 0 Å². The van der Waals surface area contributed by atoms with Crippen molar-refractivity contribution in [1.82, 2.24) is 15.6 Å². The molecule has 5 nitrogen and oxygen atoms in total. The number of pyridine rings is 1. The van der Waals surface area contributed by atoms with Gasteiger partial charge in [0.05, 0.1) is 11.1 Å². The monoisotopic (exact) mass is 291 g/mol. The minimum Gasteiger partial charge on any atom is -0.352 e. The lowest BCUT2D eigenvalue weighted by Crippen LogP contribution is -2.32. The lowest BCUT2D eigenvalue weighted by Gasteiger charge is -2.11. The third-order valence-electron chi connectivity index (χ3n) is 3.32. The van der Waals surface area contributed by atoms with Crippen LogP contribution >= 0.6 is 0 Å². The van der Waals surface area contributed by atoms with Crippen LogP contribution in [0.2, 0.25) is 0 Å². The predicted molar refractivity (Wildman–Crippen MR) is 83.3 cm³/mol. The molecule has 0 aliphatic rings. The number of carbonyl (C=O) groups excluding carboxylic acids is 2. The van der Waals surface area contributed by atoms with E-state index in [1.807, 2.05) is 13.8 Å². The molecule has 1 atom stereocenters. The van der Waals surface area contributed by atoms with Crippen LogP contribution in [0.3, 0.4) is 0 Å². The molecule has 1 aromatic rings. The van der Waals surface area contributed by atoms with Crippen LogP contribution in [0.5, 0.6) is 0 Å². The van der Waals surface area contributed by atoms with Crippen LogP contribution in [0.1, 0.15) is 67.2 Å². The van der Waals surface area contributed by atoms with Crippen LogP contribution in [0.25, 0.3) is 0 Å². The maximum Gasteiger partial charge on any atom is 0.253 e. The molecule has 1 unspecified atom stereocenters. The molecule has 21 heavy (non-hydrogen) atoms. The molecule has 0 spiro atoms. The quantitative estimate of drug-likeness (QED) is 0.723. The van der Waals surface area contributed by atoms with Gasteiger partial charge in [0, 0.05) is 25.0 Å². The predicted octanol–water partition coefficient (Wildman–Crippen LogP) is 2.53. The van der Waals surface area contributed by atoms with Crippen LogP contribution in [-0.2, 0) is 0 Å². The SMILES string of the molecule is CCCCCNC(=O)c1cncc(C(=O)NC(C)CC)c1. The van der Waals surface area contributed by atoms with Crippen LogP contribution < -0.4 is 10.6 Å². The van der Waals surface area contributed by atoms with Gasteiger partial charge in [-0.25, -0.2) is 0 Å². The second-order valence-electron chi connectivity index (χ2n) is 5.21. The van der Waals surface area contributed by atoms with Crippen molar-refractivity contribution in [3.63, 3.8) is 0 Å². The first-order valence-corrected chi connectivity index (χ1v) is 7.62. The van der Waals surface area contributed by atoms with Gasteiger partial charge in [0.1, 0.15) is 0 Å². The van der Waals surface area contributed by atoms with Crippen LogP contribution in [-0.4, -0.2) is 29.4 Å². The van der Waals surface area contributed by atoms with Gasteiger partial charge in [0.25, 0.3) is 11.8 Å². The molecule has 116 valence electrons. The maximum absolute atomic E-state index is 12.0. The molecule has 0 bridgehead atoms. The Hall–Kier alpha value is -1.91. The molecular weight excluding hydrogens is 266 g/mol. The number of carbonyl (C=O) groups is 2. The van der Waals surface area contributed by atoms with Crippen molar-refractivity contribution < 1.29 is 9.59 Å². The highest BCUT2D eigenvalue weighted by Crippen LogP contribution is 2.04. The van der Waals surface area contributed by atoms with Gasteiger partial charge >= 0.3 is 0 Å². The Morgan fingerprint density at radius 1 is 1.14 bits per heavy atom. The van der Waals surface area contributed by atoms with E-state index in [1.165, 1.54) is 12.4 Å². The highest BCUT2D eigenvalue weighted by molar-refractivity contribution is 5.99. The first-order chi connectivity index (χ1) is 10.1. The Bertz CT molecular complexity index is 474. The summed E-state index contributed by atoms with van der Waals surface area (Å²) in [5.41, 5.74) is 0.833. The molecule has 2 amide bonds. The zero-order valence-electron chi connectivity index (χ0n) is 13.1. The summed E-state index contributed by atoms with van der Waals surface area (Å²) in [7, 11) is 0. The number of nitrogens with one attached hydrogen (secondary N) is 2. The number of hydrogen-bond donors (Lipinski definition) is 2. The fourth-order valence-corrected chi connectivity index (χ4v) is 1.78. The summed E-state index contributed by atoms with van der Waals surface area (Å²) in [6.07, 6.45) is 6.99. The van der Waals surface area contributed by atoms with Crippen molar-refractivity contribution in [2.45, 2.75) is 52.5 Å². The Balaban J connectivity index is 2.62. The molecule has 0 aliphatic heterocycles. The van der Waals surface area contributed by atoms with Crippen molar-refractivity contribution >= 4 is 11.8 Å². The summed E-state index contributed by atoms with van der Waals surface area (Å²) < 4.78 is 0. The fourth-order valence-electron chi connectivity index (χ4n) is 1.78. The lowest BCUT2D eigenvalue weighted by molar-refractivity contribution is 0.0939. The van der Waals surface area contributed by atoms with Gasteiger partial charge in [-0.2, -0.15) is 0 Å². The van der Waals surface area contributed by atoms with Crippen LogP contribution in [0.4, 0.5) is 0 Å². The second-order valence-corrected chi connectivity index (χ2v) is 5.21. The third kappa shape index (κ3) is 5.94. The zero-order chi connectivity index (χ0) is 15.7. The summed E-state index contributed by atoms with van der Waals surface area (Å²) >= 11 is 0. The van der Waals surface area contributed by atoms with Crippen LogP contribution in [0, 0.1) is 0 Å². The van der Waals surface area contributed by atoms with Gasteiger partial charge in [-0.15, -0.1) is 0 Å². The summed E-state index contributed by atoms with van der Waals surface area (Å²) in [5, 5.41) is 5.70. The zero-order valence-corrected chi connectivity index (χ0v) is 13.1. The largest absolute Gasteiger partial charge is 0.352 e. The van der Waals surface area contributed by atoms with Crippen molar-refractivity contribution in [1.29, 1.82) is 0 Å². The highest BCUT2D eigenvalue weighted by atomic mass is 16.2.